The minimum atomic E-state index is 0.524. The number of carbonyl (C=O) groups is 1. The van der Waals surface area contributed by atoms with E-state index in [-0.39, 0.29) is 0 Å². The van der Waals surface area contributed by atoms with E-state index in [1.807, 2.05) is 0 Å². The summed E-state index contributed by atoms with van der Waals surface area (Å²) in [7, 11) is 0. The maximum absolute atomic E-state index is 10.3. The number of nitrogens with two attached hydrogens (primary N) is 1. The average molecular weight is 205 g/mol. The first-order valence-corrected chi connectivity index (χ1v) is 5.44. The van der Waals surface area contributed by atoms with Crippen LogP contribution in [0.2, 0.25) is 0 Å². The fraction of sp³-hybridized carbons (Fsp3) is 0.462. The quantitative estimate of drug-likeness (QED) is 0.750. The molecule has 2 nitrogen and oxygen atoms in total. The molecule has 2 heteroatoms. The molecule has 0 atom stereocenters. The number of aldehydes is 1. The molecule has 0 aliphatic heterocycles. The minimum absolute atomic E-state index is 0.524. The zero-order valence-corrected chi connectivity index (χ0v) is 9.49. The van der Waals surface area contributed by atoms with Crippen molar-refractivity contribution in [2.24, 2.45) is 5.73 Å². The molecule has 2 N–H and O–H groups in total. The summed E-state index contributed by atoms with van der Waals surface area (Å²) in [5.41, 5.74) is 9.39. The molecule has 0 aliphatic carbocycles. The first-order chi connectivity index (χ1) is 7.19. The van der Waals surface area contributed by atoms with Crippen LogP contribution in [0, 0.1) is 0 Å². The average Bonchev–Trinajstić information content (AvgIpc) is 2.25. The molecule has 0 aromatic heterocycles. The maximum Gasteiger partial charge on any atom is 0.120 e. The lowest BCUT2D eigenvalue weighted by Crippen LogP contribution is -2.03. The molecule has 0 heterocycles. The Morgan fingerprint density at radius 3 is 2.60 bits per heavy atom. The number of benzene rings is 1. The van der Waals surface area contributed by atoms with Crippen LogP contribution in [0.1, 0.15) is 42.9 Å². The fourth-order valence-corrected chi connectivity index (χ4v) is 1.65. The molecule has 1 aromatic rings. The summed E-state index contributed by atoms with van der Waals surface area (Å²) in [6, 6.07) is 6.38. The Bertz CT molecular complexity index is 331. The zero-order chi connectivity index (χ0) is 11.3. The van der Waals surface area contributed by atoms with E-state index < -0.39 is 0 Å². The largest absolute Gasteiger partial charge is 0.326 e. The van der Waals surface area contributed by atoms with Crippen molar-refractivity contribution in [3.63, 3.8) is 0 Å². The lowest BCUT2D eigenvalue weighted by molar-refractivity contribution is -0.107. The van der Waals surface area contributed by atoms with Crippen molar-refractivity contribution >= 4 is 6.29 Å². The van der Waals surface area contributed by atoms with Crippen LogP contribution in [-0.4, -0.2) is 6.29 Å². The van der Waals surface area contributed by atoms with Crippen molar-refractivity contribution < 1.29 is 4.79 Å². The standard InChI is InChI=1S/C13H19NO/c1-10(2)12-6-5-11(4-3-7-15)13(8-12)9-14/h5-8,10H,3-4,9,14H2,1-2H3. The first kappa shape index (κ1) is 11.9. The van der Waals surface area contributed by atoms with Gasteiger partial charge in [0.15, 0.2) is 0 Å². The Labute approximate surface area is 91.5 Å². The van der Waals surface area contributed by atoms with Crippen molar-refractivity contribution in [2.75, 3.05) is 0 Å². The Kier molecular flexibility index (Phi) is 4.50. The van der Waals surface area contributed by atoms with Gasteiger partial charge in [-0.2, -0.15) is 0 Å². The van der Waals surface area contributed by atoms with Crippen LogP contribution in [0.15, 0.2) is 18.2 Å². The smallest absolute Gasteiger partial charge is 0.120 e. The molecule has 0 saturated heterocycles. The number of rotatable bonds is 5. The summed E-state index contributed by atoms with van der Waals surface area (Å²) >= 11 is 0. The van der Waals surface area contributed by atoms with Crippen LogP contribution < -0.4 is 5.73 Å². The summed E-state index contributed by atoms with van der Waals surface area (Å²) in [5, 5.41) is 0. The normalized spacial score (nSPS) is 10.7. The second-order valence-corrected chi connectivity index (χ2v) is 4.09. The third-order valence-electron chi connectivity index (χ3n) is 2.65. The number of carbonyl (C=O) groups excluding carboxylic acids is 1. The Balaban J connectivity index is 2.92. The van der Waals surface area contributed by atoms with Crippen LogP contribution in [-0.2, 0) is 17.8 Å². The van der Waals surface area contributed by atoms with Gasteiger partial charge >= 0.3 is 0 Å². The van der Waals surface area contributed by atoms with Crippen LogP contribution in [0.5, 0.6) is 0 Å². The molecule has 15 heavy (non-hydrogen) atoms. The van der Waals surface area contributed by atoms with Gasteiger partial charge in [0.05, 0.1) is 0 Å². The lowest BCUT2D eigenvalue weighted by Gasteiger charge is -2.11. The maximum atomic E-state index is 10.3. The van der Waals surface area contributed by atoms with Crippen molar-refractivity contribution in [1.82, 2.24) is 0 Å². The number of hydrogen-bond donors (Lipinski definition) is 1. The van der Waals surface area contributed by atoms with E-state index in [9.17, 15) is 4.79 Å². The fourth-order valence-electron chi connectivity index (χ4n) is 1.65. The molecule has 82 valence electrons. The second-order valence-electron chi connectivity index (χ2n) is 4.09. The molecule has 0 fully saturated rings. The highest BCUT2D eigenvalue weighted by Gasteiger charge is 2.04. The van der Waals surface area contributed by atoms with Gasteiger partial charge in [-0.3, -0.25) is 0 Å². The SMILES string of the molecule is CC(C)c1ccc(CCC=O)c(CN)c1. The van der Waals surface area contributed by atoms with Crippen LogP contribution >= 0.6 is 0 Å². The van der Waals surface area contributed by atoms with Gasteiger partial charge in [-0.05, 0) is 29.0 Å². The second kappa shape index (κ2) is 5.66. The Morgan fingerprint density at radius 1 is 1.33 bits per heavy atom. The van der Waals surface area contributed by atoms with E-state index in [4.69, 9.17) is 5.73 Å². The third kappa shape index (κ3) is 3.17. The summed E-state index contributed by atoms with van der Waals surface area (Å²) in [6.45, 7) is 4.89. The van der Waals surface area contributed by atoms with Gasteiger partial charge in [0.2, 0.25) is 0 Å². The van der Waals surface area contributed by atoms with E-state index in [0.29, 0.717) is 18.9 Å². The summed E-state index contributed by atoms with van der Waals surface area (Å²) in [6.07, 6.45) is 2.33. The Morgan fingerprint density at radius 2 is 2.07 bits per heavy atom. The van der Waals surface area contributed by atoms with Crippen LogP contribution in [0.25, 0.3) is 0 Å². The minimum Gasteiger partial charge on any atom is -0.326 e. The van der Waals surface area contributed by atoms with Gasteiger partial charge in [0, 0.05) is 13.0 Å². The monoisotopic (exact) mass is 205 g/mol. The zero-order valence-electron chi connectivity index (χ0n) is 9.49. The summed E-state index contributed by atoms with van der Waals surface area (Å²) in [5.74, 6) is 0.524. The highest BCUT2D eigenvalue weighted by Crippen LogP contribution is 2.19. The van der Waals surface area contributed by atoms with E-state index in [1.54, 1.807) is 0 Å². The van der Waals surface area contributed by atoms with Crippen LogP contribution in [0.3, 0.4) is 0 Å². The predicted molar refractivity (Wildman–Crippen MR) is 62.8 cm³/mol. The molecule has 0 unspecified atom stereocenters. The van der Waals surface area contributed by atoms with Crippen molar-refractivity contribution in [1.29, 1.82) is 0 Å². The van der Waals surface area contributed by atoms with Gasteiger partial charge < -0.3 is 10.5 Å². The lowest BCUT2D eigenvalue weighted by atomic mass is 9.95. The van der Waals surface area contributed by atoms with E-state index in [0.717, 1.165) is 12.7 Å². The molecule has 0 radical (unpaired) electrons. The van der Waals surface area contributed by atoms with Crippen LogP contribution in [0.4, 0.5) is 0 Å². The highest BCUT2D eigenvalue weighted by atomic mass is 16.1. The van der Waals surface area contributed by atoms with Gasteiger partial charge in [0.1, 0.15) is 6.29 Å². The van der Waals surface area contributed by atoms with Crippen molar-refractivity contribution in [3.05, 3.63) is 34.9 Å². The molecular weight excluding hydrogens is 186 g/mol. The van der Waals surface area contributed by atoms with Crippen molar-refractivity contribution in [2.45, 2.75) is 39.2 Å². The van der Waals surface area contributed by atoms with E-state index >= 15 is 0 Å². The topological polar surface area (TPSA) is 43.1 Å². The van der Waals surface area contributed by atoms with Gasteiger partial charge in [-0.1, -0.05) is 32.0 Å². The van der Waals surface area contributed by atoms with Crippen molar-refractivity contribution in [3.8, 4) is 0 Å². The molecule has 0 aliphatic rings. The third-order valence-corrected chi connectivity index (χ3v) is 2.65. The van der Waals surface area contributed by atoms with E-state index in [1.165, 1.54) is 16.7 Å². The van der Waals surface area contributed by atoms with E-state index in [2.05, 4.69) is 32.0 Å². The number of hydrogen-bond acceptors (Lipinski definition) is 2. The Hall–Kier alpha value is -1.15. The highest BCUT2D eigenvalue weighted by molar-refractivity contribution is 5.50. The molecule has 0 amide bonds. The first-order valence-electron chi connectivity index (χ1n) is 5.44. The molecular formula is C13H19NO. The predicted octanol–water partition coefficient (Wildman–Crippen LogP) is 2.40. The molecule has 1 rings (SSSR count). The summed E-state index contributed by atoms with van der Waals surface area (Å²) < 4.78 is 0. The molecule has 1 aromatic carbocycles. The molecule has 0 spiro atoms. The van der Waals surface area contributed by atoms with Gasteiger partial charge in [-0.15, -0.1) is 0 Å². The molecule has 0 saturated carbocycles. The van der Waals surface area contributed by atoms with Gasteiger partial charge in [0.25, 0.3) is 0 Å². The van der Waals surface area contributed by atoms with Gasteiger partial charge in [-0.25, -0.2) is 0 Å². The molecule has 0 bridgehead atoms. The summed E-state index contributed by atoms with van der Waals surface area (Å²) in [4.78, 5) is 10.3. The number of aryl methyl sites for hydroxylation is 1.